The molecule has 0 saturated carbocycles. The molecule has 6 heteroatoms. The molecule has 1 aromatic heterocycles. The SMILES string of the molecule is CCC1CCN(Cc2nnc(C)n2C)C(C(=O)O)C1. The molecule has 106 valence electrons. The zero-order valence-electron chi connectivity index (χ0n) is 11.8. The van der Waals surface area contributed by atoms with Crippen LogP contribution in [-0.4, -0.2) is 43.3 Å². The van der Waals surface area contributed by atoms with Gasteiger partial charge in [0.15, 0.2) is 0 Å². The minimum absolute atomic E-state index is 0.393. The Balaban J connectivity index is 2.10. The van der Waals surface area contributed by atoms with Gasteiger partial charge in [0.1, 0.15) is 17.7 Å². The third-order valence-electron chi connectivity index (χ3n) is 4.21. The number of carbonyl (C=O) groups is 1. The summed E-state index contributed by atoms with van der Waals surface area (Å²) < 4.78 is 1.92. The van der Waals surface area contributed by atoms with Crippen LogP contribution in [0.5, 0.6) is 0 Å². The maximum atomic E-state index is 11.4. The molecule has 2 unspecified atom stereocenters. The molecule has 1 aromatic rings. The van der Waals surface area contributed by atoms with E-state index in [0.717, 1.165) is 37.5 Å². The number of hydrogen-bond donors (Lipinski definition) is 1. The molecule has 19 heavy (non-hydrogen) atoms. The minimum atomic E-state index is -0.725. The predicted molar refractivity (Wildman–Crippen MR) is 70.6 cm³/mol. The number of carboxylic acid groups (broad SMARTS) is 1. The molecule has 1 aliphatic heterocycles. The van der Waals surface area contributed by atoms with Gasteiger partial charge in [-0.05, 0) is 32.2 Å². The van der Waals surface area contributed by atoms with Crippen molar-refractivity contribution in [3.05, 3.63) is 11.6 Å². The van der Waals surface area contributed by atoms with Gasteiger partial charge in [0, 0.05) is 7.05 Å². The van der Waals surface area contributed by atoms with E-state index in [-0.39, 0.29) is 0 Å². The van der Waals surface area contributed by atoms with Crippen molar-refractivity contribution in [2.75, 3.05) is 6.54 Å². The van der Waals surface area contributed by atoms with E-state index in [1.807, 2.05) is 23.4 Å². The maximum absolute atomic E-state index is 11.4. The van der Waals surface area contributed by atoms with Crippen LogP contribution in [0.1, 0.15) is 37.8 Å². The van der Waals surface area contributed by atoms with Crippen molar-refractivity contribution in [1.82, 2.24) is 19.7 Å². The normalized spacial score (nSPS) is 24.6. The Hall–Kier alpha value is -1.43. The summed E-state index contributed by atoms with van der Waals surface area (Å²) in [6.07, 6.45) is 2.86. The van der Waals surface area contributed by atoms with E-state index in [1.165, 1.54) is 0 Å². The summed E-state index contributed by atoms with van der Waals surface area (Å²) >= 11 is 0. The van der Waals surface area contributed by atoms with Gasteiger partial charge in [0.2, 0.25) is 0 Å². The molecule has 0 bridgehead atoms. The quantitative estimate of drug-likeness (QED) is 0.886. The first-order chi connectivity index (χ1) is 9.02. The molecule has 2 atom stereocenters. The summed E-state index contributed by atoms with van der Waals surface area (Å²) in [5.74, 6) is 1.49. The second-order valence-electron chi connectivity index (χ2n) is 5.35. The first-order valence-electron chi connectivity index (χ1n) is 6.84. The molecule has 2 heterocycles. The van der Waals surface area contributed by atoms with Gasteiger partial charge in [-0.15, -0.1) is 10.2 Å². The summed E-state index contributed by atoms with van der Waals surface area (Å²) in [5, 5.41) is 17.5. The van der Waals surface area contributed by atoms with Crippen LogP contribution in [0.4, 0.5) is 0 Å². The molecule has 1 saturated heterocycles. The third-order valence-corrected chi connectivity index (χ3v) is 4.21. The van der Waals surface area contributed by atoms with E-state index in [9.17, 15) is 9.90 Å². The summed E-state index contributed by atoms with van der Waals surface area (Å²) in [6.45, 7) is 5.41. The number of rotatable bonds is 4. The standard InChI is InChI=1S/C13H22N4O2/c1-4-10-5-6-17(11(7-10)13(18)19)8-12-15-14-9(2)16(12)3/h10-11H,4-8H2,1-3H3,(H,18,19). The Kier molecular flexibility index (Phi) is 4.19. The lowest BCUT2D eigenvalue weighted by atomic mass is 9.89. The second-order valence-corrected chi connectivity index (χ2v) is 5.35. The summed E-state index contributed by atoms with van der Waals surface area (Å²) in [7, 11) is 1.92. The van der Waals surface area contributed by atoms with Gasteiger partial charge >= 0.3 is 5.97 Å². The Morgan fingerprint density at radius 1 is 1.47 bits per heavy atom. The molecule has 0 amide bonds. The average molecular weight is 266 g/mol. The van der Waals surface area contributed by atoms with E-state index in [2.05, 4.69) is 17.1 Å². The molecule has 6 nitrogen and oxygen atoms in total. The summed E-state index contributed by atoms with van der Waals surface area (Å²) in [6, 6.07) is -0.393. The Morgan fingerprint density at radius 3 is 2.74 bits per heavy atom. The Labute approximate surface area is 113 Å². The van der Waals surface area contributed by atoms with E-state index in [4.69, 9.17) is 0 Å². The largest absolute Gasteiger partial charge is 0.480 e. The van der Waals surface area contributed by atoms with Crippen molar-refractivity contribution >= 4 is 5.97 Å². The maximum Gasteiger partial charge on any atom is 0.320 e. The van der Waals surface area contributed by atoms with Gasteiger partial charge in [0.25, 0.3) is 0 Å². The first kappa shape index (κ1) is 14.0. The molecule has 0 aromatic carbocycles. The van der Waals surface area contributed by atoms with E-state index >= 15 is 0 Å². The van der Waals surface area contributed by atoms with E-state index in [0.29, 0.717) is 12.5 Å². The fourth-order valence-corrected chi connectivity index (χ4v) is 2.67. The van der Waals surface area contributed by atoms with Crippen LogP contribution in [-0.2, 0) is 18.4 Å². The molecule has 2 rings (SSSR count). The fraction of sp³-hybridized carbons (Fsp3) is 0.769. The number of aromatic nitrogens is 3. The van der Waals surface area contributed by atoms with Crippen LogP contribution in [0.25, 0.3) is 0 Å². The van der Waals surface area contributed by atoms with E-state index in [1.54, 1.807) is 0 Å². The second kappa shape index (κ2) is 5.69. The van der Waals surface area contributed by atoms with Crippen molar-refractivity contribution in [2.24, 2.45) is 13.0 Å². The highest BCUT2D eigenvalue weighted by molar-refractivity contribution is 5.73. The number of hydrogen-bond acceptors (Lipinski definition) is 4. The molecular weight excluding hydrogens is 244 g/mol. The van der Waals surface area contributed by atoms with Crippen LogP contribution >= 0.6 is 0 Å². The van der Waals surface area contributed by atoms with Gasteiger partial charge in [0.05, 0.1) is 6.54 Å². The third kappa shape index (κ3) is 2.94. The zero-order valence-corrected chi connectivity index (χ0v) is 11.8. The summed E-state index contributed by atoms with van der Waals surface area (Å²) in [4.78, 5) is 13.4. The van der Waals surface area contributed by atoms with Gasteiger partial charge in [-0.1, -0.05) is 13.3 Å². The highest BCUT2D eigenvalue weighted by atomic mass is 16.4. The zero-order chi connectivity index (χ0) is 14.0. The lowest BCUT2D eigenvalue weighted by molar-refractivity contribution is -0.145. The van der Waals surface area contributed by atoms with Crippen LogP contribution in [0.15, 0.2) is 0 Å². The van der Waals surface area contributed by atoms with Crippen molar-refractivity contribution in [3.63, 3.8) is 0 Å². The molecule has 1 aliphatic rings. The lowest BCUT2D eigenvalue weighted by Gasteiger charge is -2.36. The Morgan fingerprint density at radius 2 is 2.21 bits per heavy atom. The fourth-order valence-electron chi connectivity index (χ4n) is 2.67. The van der Waals surface area contributed by atoms with Crippen LogP contribution in [0, 0.1) is 12.8 Å². The number of likely N-dealkylation sites (tertiary alicyclic amines) is 1. The number of carboxylic acids is 1. The number of piperidine rings is 1. The van der Waals surface area contributed by atoms with Crippen molar-refractivity contribution in [1.29, 1.82) is 0 Å². The highest BCUT2D eigenvalue weighted by Crippen LogP contribution is 2.26. The average Bonchev–Trinajstić information content (AvgIpc) is 2.71. The smallest absolute Gasteiger partial charge is 0.320 e. The molecule has 0 radical (unpaired) electrons. The highest BCUT2D eigenvalue weighted by Gasteiger charge is 2.33. The van der Waals surface area contributed by atoms with Crippen molar-refractivity contribution in [2.45, 2.75) is 45.7 Å². The molecule has 1 fully saturated rings. The van der Waals surface area contributed by atoms with Gasteiger partial charge in [-0.3, -0.25) is 9.69 Å². The number of nitrogens with zero attached hydrogens (tertiary/aromatic N) is 4. The number of aryl methyl sites for hydroxylation is 1. The van der Waals surface area contributed by atoms with Gasteiger partial charge in [-0.25, -0.2) is 0 Å². The monoisotopic (exact) mass is 266 g/mol. The van der Waals surface area contributed by atoms with E-state index < -0.39 is 12.0 Å². The van der Waals surface area contributed by atoms with Crippen LogP contribution in [0.2, 0.25) is 0 Å². The first-order valence-corrected chi connectivity index (χ1v) is 6.84. The summed E-state index contributed by atoms with van der Waals surface area (Å²) in [5.41, 5.74) is 0. The van der Waals surface area contributed by atoms with Gasteiger partial charge in [-0.2, -0.15) is 0 Å². The Bertz CT molecular complexity index is 457. The lowest BCUT2D eigenvalue weighted by Crippen LogP contribution is -2.46. The van der Waals surface area contributed by atoms with Gasteiger partial charge < -0.3 is 9.67 Å². The predicted octanol–water partition coefficient (Wildman–Crippen LogP) is 1.20. The van der Waals surface area contributed by atoms with Crippen LogP contribution in [0.3, 0.4) is 0 Å². The van der Waals surface area contributed by atoms with Crippen LogP contribution < -0.4 is 0 Å². The number of aliphatic carboxylic acids is 1. The molecule has 0 aliphatic carbocycles. The molecular formula is C13H22N4O2. The van der Waals surface area contributed by atoms with Crippen molar-refractivity contribution in [3.8, 4) is 0 Å². The molecule has 0 spiro atoms. The molecule has 1 N–H and O–H groups in total. The minimum Gasteiger partial charge on any atom is -0.480 e. The topological polar surface area (TPSA) is 71.2 Å². The van der Waals surface area contributed by atoms with Crippen molar-refractivity contribution < 1.29 is 9.90 Å².